The molecule has 3 rings (SSSR count). The van der Waals surface area contributed by atoms with Crippen LogP contribution in [0, 0.1) is 0 Å². The van der Waals surface area contributed by atoms with Gasteiger partial charge in [-0.2, -0.15) is 0 Å². The van der Waals surface area contributed by atoms with Crippen LogP contribution in [-0.2, 0) is 28.5 Å². The van der Waals surface area contributed by atoms with E-state index in [4.69, 9.17) is 24.7 Å². The van der Waals surface area contributed by atoms with Crippen molar-refractivity contribution in [3.63, 3.8) is 0 Å². The largest absolute Gasteiger partial charge is 0.479 e. The van der Waals surface area contributed by atoms with Gasteiger partial charge in [0.25, 0.3) is 0 Å². The van der Waals surface area contributed by atoms with Crippen LogP contribution in [-0.4, -0.2) is 206 Å². The Balaban J connectivity index is 2.16. The smallest absolute Gasteiger partial charge is 0.341 e. The number of nitrogens with two attached hydrogens (primary N) is 1. The first kappa shape index (κ1) is 36.9. The van der Waals surface area contributed by atoms with Gasteiger partial charge in [-0.1, -0.05) is 0 Å². The van der Waals surface area contributed by atoms with Crippen molar-refractivity contribution in [2.45, 2.75) is 103 Å². The highest BCUT2D eigenvalue weighted by Crippen LogP contribution is 2.51. The van der Waals surface area contributed by atoms with Crippen molar-refractivity contribution >= 4 is 11.8 Å². The van der Waals surface area contributed by atoms with Crippen LogP contribution in [0.3, 0.4) is 0 Å². The van der Waals surface area contributed by atoms with Crippen LogP contribution in [0.15, 0.2) is 0 Å². The summed E-state index contributed by atoms with van der Waals surface area (Å²) in [7, 11) is 0. The number of carboxylic acids is 1. The molecule has 0 radical (unpaired) electrons. The molecule has 0 aliphatic carbocycles. The van der Waals surface area contributed by atoms with Crippen LogP contribution in [0.4, 0.5) is 0 Å². The molecule has 0 saturated carbocycles. The van der Waals surface area contributed by atoms with Crippen molar-refractivity contribution in [2.75, 3.05) is 26.4 Å². The summed E-state index contributed by atoms with van der Waals surface area (Å²) in [6.45, 7) is -5.15. The van der Waals surface area contributed by atoms with E-state index in [1.807, 2.05) is 0 Å². The van der Waals surface area contributed by atoms with Gasteiger partial charge >= 0.3 is 5.97 Å². The number of carboxylic acid groups (broad SMARTS) is 1. The summed E-state index contributed by atoms with van der Waals surface area (Å²) in [5.41, 5.74) is -1.84. The number of ether oxygens (including phenoxy) is 4. The maximum atomic E-state index is 13.1. The minimum atomic E-state index is -4.11. The number of carbonyl (C=O) groups excluding carboxylic acids is 1. The van der Waals surface area contributed by atoms with Crippen molar-refractivity contribution < 1.29 is 100 Å². The highest BCUT2D eigenvalue weighted by molar-refractivity contribution is 5.93. The fraction of sp³-hybridized carbons (Fsp3) is 0.913. The Morgan fingerprint density at radius 1 is 0.909 bits per heavy atom. The summed E-state index contributed by atoms with van der Waals surface area (Å²) in [5, 5.41) is 145. The Labute approximate surface area is 247 Å². The minimum absolute atomic E-state index is 0.939. The van der Waals surface area contributed by atoms with Gasteiger partial charge in [0, 0.05) is 6.42 Å². The number of aliphatic hydroxyl groups is 13. The maximum Gasteiger partial charge on any atom is 0.341 e. The summed E-state index contributed by atoms with van der Waals surface area (Å²) in [4.78, 5) is 25.9. The predicted octanol–water partition coefficient (Wildman–Crippen LogP) is -10.1. The molecule has 0 spiro atoms. The Hall–Kier alpha value is -1.58. The number of carbonyl (C=O) groups is 2. The average molecular weight is 650 g/mol. The van der Waals surface area contributed by atoms with Gasteiger partial charge in [0.2, 0.25) is 17.0 Å². The lowest BCUT2D eigenvalue weighted by Gasteiger charge is -2.60. The average Bonchev–Trinajstić information content (AvgIpc) is 3.00. The molecule has 0 aromatic heterocycles. The van der Waals surface area contributed by atoms with E-state index in [2.05, 4.69) is 0 Å². The molecule has 21 nitrogen and oxygen atoms in total. The lowest BCUT2D eigenvalue weighted by Crippen LogP contribution is -2.86. The van der Waals surface area contributed by atoms with Gasteiger partial charge in [0.1, 0.15) is 67.6 Å². The molecule has 21 heteroatoms. The Morgan fingerprint density at radius 2 is 1.50 bits per heavy atom. The second kappa shape index (κ2) is 13.6. The highest BCUT2D eigenvalue weighted by atomic mass is 16.7. The number of aliphatic carboxylic acids is 1. The van der Waals surface area contributed by atoms with Gasteiger partial charge in [-0.25, -0.2) is 4.79 Å². The van der Waals surface area contributed by atoms with E-state index < -0.39 is 141 Å². The maximum absolute atomic E-state index is 13.1. The Kier molecular flexibility index (Phi) is 11.4. The molecular formula is C23H39NO20. The molecule has 0 amide bonds. The second-order valence-corrected chi connectivity index (χ2v) is 10.9. The molecule has 44 heavy (non-hydrogen) atoms. The molecule has 0 aromatic rings. The molecule has 2 unspecified atom stereocenters. The van der Waals surface area contributed by atoms with Gasteiger partial charge < -0.3 is 96.2 Å². The highest BCUT2D eigenvalue weighted by Gasteiger charge is 2.79. The summed E-state index contributed by atoms with van der Waals surface area (Å²) in [5.74, 6) is -8.40. The quantitative estimate of drug-likeness (QED) is 0.0987. The lowest BCUT2D eigenvalue weighted by molar-refractivity contribution is -0.444. The minimum Gasteiger partial charge on any atom is -0.479 e. The van der Waals surface area contributed by atoms with Gasteiger partial charge in [-0.3, -0.25) is 4.79 Å². The van der Waals surface area contributed by atoms with Crippen LogP contribution < -0.4 is 5.73 Å². The first-order valence-electron chi connectivity index (χ1n) is 13.3. The van der Waals surface area contributed by atoms with E-state index in [0.717, 1.165) is 0 Å². The van der Waals surface area contributed by atoms with Crippen molar-refractivity contribution in [1.29, 1.82) is 0 Å². The number of aliphatic hydroxyl groups excluding tert-OH is 11. The fourth-order valence-corrected chi connectivity index (χ4v) is 5.67. The number of hydrogen-bond donors (Lipinski definition) is 15. The number of ketones is 1. The van der Waals surface area contributed by atoms with E-state index in [1.165, 1.54) is 0 Å². The molecule has 16 atom stereocenters. The van der Waals surface area contributed by atoms with Gasteiger partial charge in [0.15, 0.2) is 12.1 Å². The Morgan fingerprint density at radius 3 is 2.00 bits per heavy atom. The third-order valence-electron chi connectivity index (χ3n) is 8.30. The van der Waals surface area contributed by atoms with Crippen molar-refractivity contribution in [2.24, 2.45) is 5.73 Å². The molecule has 0 bridgehead atoms. The summed E-state index contributed by atoms with van der Waals surface area (Å²) >= 11 is 0. The molecule has 16 N–H and O–H groups in total. The SMILES string of the molecule is N[C@H]1[C@H]([C@H](O)[C@H](O)CO)OC(C(=O)O)(C2(O)O[C@H](CO)[C@@H](O[C@@H]3O[C@H](CO)[C@H](O)[C@H](O)[C@H]3O)[C@H](O)[C@]2(O)C(=O)CO)C[C@@H]1O. The zero-order chi connectivity index (χ0) is 33.5. The monoisotopic (exact) mass is 649 g/mol. The molecule has 0 aromatic carbocycles. The van der Waals surface area contributed by atoms with E-state index in [1.54, 1.807) is 0 Å². The number of rotatable bonds is 11. The summed E-state index contributed by atoms with van der Waals surface area (Å²) < 4.78 is 21.2. The topological polar surface area (TPSA) is 380 Å². The van der Waals surface area contributed by atoms with E-state index in [0.29, 0.717) is 0 Å². The predicted molar refractivity (Wildman–Crippen MR) is 132 cm³/mol. The number of hydrogen-bond acceptors (Lipinski definition) is 20. The van der Waals surface area contributed by atoms with E-state index in [-0.39, 0.29) is 0 Å². The second-order valence-electron chi connectivity index (χ2n) is 10.9. The molecule has 3 aliphatic rings. The molecule has 3 fully saturated rings. The third-order valence-corrected chi connectivity index (χ3v) is 8.30. The Bertz CT molecular complexity index is 1020. The lowest BCUT2D eigenvalue weighted by atomic mass is 9.66. The van der Waals surface area contributed by atoms with Crippen LogP contribution in [0.2, 0.25) is 0 Å². The normalized spacial score (nSPS) is 48.0. The zero-order valence-corrected chi connectivity index (χ0v) is 22.8. The van der Waals surface area contributed by atoms with Crippen molar-refractivity contribution in [3.05, 3.63) is 0 Å². The summed E-state index contributed by atoms with van der Waals surface area (Å²) in [6, 6.07) is -1.74. The van der Waals surface area contributed by atoms with E-state index in [9.17, 15) is 81.1 Å². The number of Topliss-reactive ketones (excluding diaryl/α,β-unsaturated/α-hetero) is 1. The molecule has 3 aliphatic heterocycles. The molecular weight excluding hydrogens is 610 g/mol. The molecule has 3 heterocycles. The van der Waals surface area contributed by atoms with Crippen LogP contribution >= 0.6 is 0 Å². The fourth-order valence-electron chi connectivity index (χ4n) is 5.67. The third kappa shape index (κ3) is 5.65. The van der Waals surface area contributed by atoms with E-state index >= 15 is 0 Å². The zero-order valence-electron chi connectivity index (χ0n) is 22.8. The van der Waals surface area contributed by atoms with Gasteiger partial charge in [0.05, 0.1) is 32.0 Å². The van der Waals surface area contributed by atoms with Gasteiger partial charge in [-0.15, -0.1) is 0 Å². The standard InChI is InChI=1S/C23H39NO20/c24-11-6(29)1-21(20(37)38,44-17(11)12(32)7(30)2-25)23(40)22(39,10(31)5-28)18(36)16(9(4-27)43-23)42-19-15(35)14(34)13(33)8(3-26)41-19/h6-9,11-19,25-30,32-36,39-40H,1-5,24H2,(H,37,38)/t6-,7+,8+,9+,11+,12+,13-,14-,15+,16+,17+,18-,19-,21?,22+,23?/m0/s1. The first-order chi connectivity index (χ1) is 20.4. The first-order valence-corrected chi connectivity index (χ1v) is 13.3. The summed E-state index contributed by atoms with van der Waals surface area (Å²) in [6.07, 6.45) is -27.2. The van der Waals surface area contributed by atoms with Crippen LogP contribution in [0.1, 0.15) is 6.42 Å². The van der Waals surface area contributed by atoms with Crippen molar-refractivity contribution in [3.8, 4) is 0 Å². The molecule has 3 saturated heterocycles. The molecule has 256 valence electrons. The van der Waals surface area contributed by atoms with Gasteiger partial charge in [-0.05, 0) is 0 Å². The van der Waals surface area contributed by atoms with Crippen LogP contribution in [0.25, 0.3) is 0 Å². The van der Waals surface area contributed by atoms with Crippen LogP contribution in [0.5, 0.6) is 0 Å². The van der Waals surface area contributed by atoms with Crippen molar-refractivity contribution in [1.82, 2.24) is 0 Å².